The Hall–Kier alpha value is -3.92. The SMILES string of the molecule is CCC(Sc1cccc(NC(=S)Nc2ccc(C(C)=O)cc2)c1)C(=O)Nc1sc2c(c1C#N)CCN(C(=O)OC(C)(C)C)C2. The fourth-order valence-electron chi connectivity index (χ4n) is 4.50. The summed E-state index contributed by atoms with van der Waals surface area (Å²) >= 11 is 8.23. The molecule has 9 nitrogen and oxygen atoms in total. The van der Waals surface area contributed by atoms with Crippen LogP contribution in [0.2, 0.25) is 0 Å². The fraction of sp³-hybridized carbons (Fsp3) is 0.344. The number of thioether (sulfide) groups is 1. The fourth-order valence-corrected chi connectivity index (χ4v) is 6.97. The summed E-state index contributed by atoms with van der Waals surface area (Å²) in [7, 11) is 0. The first-order valence-electron chi connectivity index (χ1n) is 14.2. The maximum absolute atomic E-state index is 13.4. The summed E-state index contributed by atoms with van der Waals surface area (Å²) in [5.41, 5.74) is 2.89. The molecule has 0 aliphatic carbocycles. The van der Waals surface area contributed by atoms with Gasteiger partial charge in [-0.1, -0.05) is 13.0 Å². The van der Waals surface area contributed by atoms with Crippen LogP contribution in [-0.2, 0) is 22.5 Å². The van der Waals surface area contributed by atoms with Crippen LogP contribution in [0.4, 0.5) is 21.2 Å². The summed E-state index contributed by atoms with van der Waals surface area (Å²) in [6.07, 6.45) is 0.708. The lowest BCUT2D eigenvalue weighted by Crippen LogP contribution is -2.39. The van der Waals surface area contributed by atoms with Crippen molar-refractivity contribution in [3.05, 3.63) is 70.1 Å². The first-order chi connectivity index (χ1) is 20.9. The Morgan fingerprint density at radius 2 is 1.82 bits per heavy atom. The van der Waals surface area contributed by atoms with E-state index >= 15 is 0 Å². The first-order valence-corrected chi connectivity index (χ1v) is 16.3. The van der Waals surface area contributed by atoms with Gasteiger partial charge >= 0.3 is 6.09 Å². The van der Waals surface area contributed by atoms with Gasteiger partial charge in [0.25, 0.3) is 0 Å². The van der Waals surface area contributed by atoms with Crippen LogP contribution in [0.1, 0.15) is 67.4 Å². The Morgan fingerprint density at radius 3 is 2.45 bits per heavy atom. The molecule has 0 bridgehead atoms. The van der Waals surface area contributed by atoms with Crippen LogP contribution in [0.25, 0.3) is 0 Å². The van der Waals surface area contributed by atoms with Gasteiger partial charge in [0.15, 0.2) is 10.9 Å². The average molecular weight is 650 g/mol. The van der Waals surface area contributed by atoms with Crippen molar-refractivity contribution in [1.82, 2.24) is 4.90 Å². The molecule has 0 fully saturated rings. The number of ether oxygens (including phenoxy) is 1. The number of ketones is 1. The van der Waals surface area contributed by atoms with Crippen molar-refractivity contribution in [3.63, 3.8) is 0 Å². The van der Waals surface area contributed by atoms with Gasteiger partial charge in [-0.15, -0.1) is 23.1 Å². The van der Waals surface area contributed by atoms with E-state index in [0.29, 0.717) is 47.2 Å². The second-order valence-corrected chi connectivity index (χ2v) is 14.0. The van der Waals surface area contributed by atoms with E-state index in [1.807, 2.05) is 52.0 Å². The number of nitrogens with zero attached hydrogens (tertiary/aromatic N) is 2. The van der Waals surface area contributed by atoms with Crippen molar-refractivity contribution < 1.29 is 19.1 Å². The lowest BCUT2D eigenvalue weighted by Gasteiger charge is -2.29. The van der Waals surface area contributed by atoms with E-state index in [1.165, 1.54) is 30.0 Å². The second kappa shape index (κ2) is 14.2. The quantitative estimate of drug-likeness (QED) is 0.130. The summed E-state index contributed by atoms with van der Waals surface area (Å²) in [6, 6.07) is 16.9. The number of amides is 2. The predicted octanol–water partition coefficient (Wildman–Crippen LogP) is 7.43. The molecule has 1 unspecified atom stereocenters. The summed E-state index contributed by atoms with van der Waals surface area (Å²) in [5.74, 6) is -0.196. The molecule has 1 aromatic heterocycles. The van der Waals surface area contributed by atoms with Crippen molar-refractivity contribution in [2.75, 3.05) is 22.5 Å². The molecule has 1 aliphatic rings. The second-order valence-electron chi connectivity index (χ2n) is 11.2. The number of carbonyl (C=O) groups excluding carboxylic acids is 3. The van der Waals surface area contributed by atoms with Gasteiger partial charge in [0, 0.05) is 33.3 Å². The molecule has 0 spiro atoms. The minimum absolute atomic E-state index is 0.00252. The van der Waals surface area contributed by atoms with Gasteiger partial charge in [0.05, 0.1) is 17.4 Å². The molecular weight excluding hydrogens is 615 g/mol. The van der Waals surface area contributed by atoms with Gasteiger partial charge in [0.2, 0.25) is 5.91 Å². The number of hydrogen-bond donors (Lipinski definition) is 3. The highest BCUT2D eigenvalue weighted by atomic mass is 32.2. The number of nitrogens with one attached hydrogen (secondary N) is 3. The van der Waals surface area contributed by atoms with E-state index in [-0.39, 0.29) is 17.8 Å². The zero-order valence-electron chi connectivity index (χ0n) is 25.3. The Balaban J connectivity index is 1.39. The first kappa shape index (κ1) is 33.0. The van der Waals surface area contributed by atoms with Crippen LogP contribution >= 0.6 is 35.3 Å². The van der Waals surface area contributed by atoms with Crippen LogP contribution in [0.15, 0.2) is 53.4 Å². The molecule has 2 heterocycles. The zero-order valence-corrected chi connectivity index (χ0v) is 27.7. The summed E-state index contributed by atoms with van der Waals surface area (Å²) in [4.78, 5) is 40.9. The van der Waals surface area contributed by atoms with Gasteiger partial charge in [-0.25, -0.2) is 4.79 Å². The van der Waals surface area contributed by atoms with E-state index in [0.717, 1.165) is 26.7 Å². The van der Waals surface area contributed by atoms with Gasteiger partial charge in [0.1, 0.15) is 16.7 Å². The number of nitriles is 1. The van der Waals surface area contributed by atoms with Crippen molar-refractivity contribution in [3.8, 4) is 6.07 Å². The van der Waals surface area contributed by atoms with Crippen LogP contribution in [-0.4, -0.2) is 45.2 Å². The number of hydrogen-bond acceptors (Lipinski definition) is 8. The van der Waals surface area contributed by atoms with Crippen LogP contribution in [0.5, 0.6) is 0 Å². The Bertz CT molecular complexity index is 1610. The zero-order chi connectivity index (χ0) is 32.0. The maximum Gasteiger partial charge on any atom is 0.410 e. The topological polar surface area (TPSA) is 124 Å². The largest absolute Gasteiger partial charge is 0.444 e. The van der Waals surface area contributed by atoms with Gasteiger partial charge in [-0.3, -0.25) is 9.59 Å². The number of carbonyl (C=O) groups is 3. The van der Waals surface area contributed by atoms with Crippen LogP contribution in [0, 0.1) is 11.3 Å². The molecule has 1 aliphatic heterocycles. The smallest absolute Gasteiger partial charge is 0.410 e. The Labute approximate surface area is 271 Å². The van der Waals surface area contributed by atoms with E-state index < -0.39 is 10.9 Å². The number of thiocarbonyl (C=S) groups is 1. The van der Waals surface area contributed by atoms with Gasteiger partial charge < -0.3 is 25.6 Å². The highest BCUT2D eigenvalue weighted by molar-refractivity contribution is 8.00. The molecule has 0 saturated carbocycles. The third-order valence-electron chi connectivity index (χ3n) is 6.64. The van der Waals surface area contributed by atoms with Gasteiger partial charge in [-0.2, -0.15) is 5.26 Å². The molecule has 2 aromatic carbocycles. The number of benzene rings is 2. The normalized spacial score (nSPS) is 13.2. The number of rotatable bonds is 8. The van der Waals surface area contributed by atoms with E-state index in [9.17, 15) is 19.6 Å². The lowest BCUT2D eigenvalue weighted by molar-refractivity contribution is -0.115. The molecule has 3 N–H and O–H groups in total. The van der Waals surface area contributed by atoms with Crippen molar-refractivity contribution in [2.45, 2.75) is 69.8 Å². The van der Waals surface area contributed by atoms with Crippen molar-refractivity contribution in [1.29, 1.82) is 5.26 Å². The molecule has 4 rings (SSSR count). The molecule has 230 valence electrons. The minimum atomic E-state index is -0.598. The average Bonchev–Trinajstić information content (AvgIpc) is 3.31. The third-order valence-corrected chi connectivity index (χ3v) is 9.33. The van der Waals surface area contributed by atoms with Crippen LogP contribution < -0.4 is 16.0 Å². The Morgan fingerprint density at radius 1 is 1.11 bits per heavy atom. The Kier molecular flexibility index (Phi) is 10.7. The molecule has 1 atom stereocenters. The summed E-state index contributed by atoms with van der Waals surface area (Å²) < 4.78 is 5.52. The number of anilines is 3. The van der Waals surface area contributed by atoms with Gasteiger partial charge in [-0.05, 0) is 101 Å². The number of Topliss-reactive ketones (excluding diaryl/α,β-unsaturated/α-hetero) is 1. The van der Waals surface area contributed by atoms with Crippen LogP contribution in [0.3, 0.4) is 0 Å². The highest BCUT2D eigenvalue weighted by Gasteiger charge is 2.31. The monoisotopic (exact) mass is 649 g/mol. The number of fused-ring (bicyclic) bond motifs is 1. The molecule has 3 aromatic rings. The maximum atomic E-state index is 13.4. The number of thiophene rings is 1. The minimum Gasteiger partial charge on any atom is -0.444 e. The highest BCUT2D eigenvalue weighted by Crippen LogP contribution is 2.38. The molecule has 12 heteroatoms. The van der Waals surface area contributed by atoms with Crippen molar-refractivity contribution >= 4 is 74.6 Å². The summed E-state index contributed by atoms with van der Waals surface area (Å²) in [5, 5.41) is 19.7. The molecule has 0 radical (unpaired) electrons. The van der Waals surface area contributed by atoms with E-state index in [2.05, 4.69) is 22.0 Å². The molecule has 44 heavy (non-hydrogen) atoms. The standard InChI is InChI=1S/C32H35N5O4S3/c1-6-26(43-23-9-7-8-22(16-23)35-30(42)34-21-12-10-20(11-13-21)19(2)38)28(39)36-29-25(17-33)24-14-15-37(18-27(24)44-29)31(40)41-32(3,4)5/h7-13,16,26H,6,14-15,18H2,1-5H3,(H,36,39)(H2,34,35,42). The van der Waals surface area contributed by atoms with E-state index in [4.69, 9.17) is 17.0 Å². The predicted molar refractivity (Wildman–Crippen MR) is 181 cm³/mol. The molecule has 2 amide bonds. The third kappa shape index (κ3) is 8.59. The lowest BCUT2D eigenvalue weighted by atomic mass is 10.0. The molecular formula is C32H35N5O4S3. The van der Waals surface area contributed by atoms with Crippen molar-refractivity contribution in [2.24, 2.45) is 0 Å². The summed E-state index contributed by atoms with van der Waals surface area (Å²) in [6.45, 7) is 9.73. The molecule has 0 saturated heterocycles. The van der Waals surface area contributed by atoms with E-state index in [1.54, 1.807) is 29.2 Å².